The molecule has 0 aliphatic heterocycles. The van der Waals surface area contributed by atoms with Crippen LogP contribution >= 0.6 is 0 Å². The first-order chi connectivity index (χ1) is 12.5. The van der Waals surface area contributed by atoms with E-state index in [1.807, 2.05) is 13.8 Å². The summed E-state index contributed by atoms with van der Waals surface area (Å²) in [5, 5.41) is 0. The predicted octanol–water partition coefficient (Wildman–Crippen LogP) is 3.49. The molecule has 0 saturated carbocycles. The molecule has 2 aromatic rings. The molecule has 0 aliphatic carbocycles. The van der Waals surface area contributed by atoms with E-state index >= 15 is 0 Å². The average molecular weight is 358 g/mol. The Kier molecular flexibility index (Phi) is 7.02. The third kappa shape index (κ3) is 5.81. The summed E-state index contributed by atoms with van der Waals surface area (Å²) >= 11 is 0. The van der Waals surface area contributed by atoms with Crippen molar-refractivity contribution >= 4 is 11.9 Å². The quantitative estimate of drug-likeness (QED) is 0.531. The van der Waals surface area contributed by atoms with Crippen molar-refractivity contribution in [3.63, 3.8) is 0 Å². The maximum Gasteiger partial charge on any atom is 0.349 e. The molecule has 0 aromatic heterocycles. The lowest BCUT2D eigenvalue weighted by Crippen LogP contribution is -2.18. The van der Waals surface area contributed by atoms with E-state index in [0.29, 0.717) is 29.4 Å². The molecule has 0 unspecified atom stereocenters. The lowest BCUT2D eigenvalue weighted by molar-refractivity contribution is -0.136. The Balaban J connectivity index is 1.86. The van der Waals surface area contributed by atoms with Crippen molar-refractivity contribution < 1.29 is 28.5 Å². The van der Waals surface area contributed by atoms with Crippen LogP contribution in [-0.2, 0) is 9.53 Å². The molecule has 0 heterocycles. The largest absolute Gasteiger partial charge is 0.493 e. The molecule has 0 bridgehead atoms. The van der Waals surface area contributed by atoms with Crippen LogP contribution in [-0.4, -0.2) is 32.3 Å². The summed E-state index contributed by atoms with van der Waals surface area (Å²) in [7, 11) is 1.52. The molecule has 26 heavy (non-hydrogen) atoms. The molecule has 0 fully saturated rings. The molecule has 2 rings (SSSR count). The van der Waals surface area contributed by atoms with Crippen LogP contribution in [0, 0.1) is 5.92 Å². The minimum Gasteiger partial charge on any atom is -0.493 e. The second kappa shape index (κ2) is 9.46. The maximum absolute atomic E-state index is 11.9. The minimum atomic E-state index is -0.564. The molecule has 6 nitrogen and oxygen atoms in total. The summed E-state index contributed by atoms with van der Waals surface area (Å²) in [6, 6.07) is 13.2. The normalized spacial score (nSPS) is 10.3. The van der Waals surface area contributed by atoms with Crippen LogP contribution in [0.1, 0.15) is 24.2 Å². The molecule has 0 N–H and O–H groups in total. The van der Waals surface area contributed by atoms with Crippen LogP contribution in [0.15, 0.2) is 48.5 Å². The number of ether oxygens (including phenoxy) is 4. The highest BCUT2D eigenvalue weighted by molar-refractivity contribution is 5.89. The molecular formula is C20H22O6. The minimum absolute atomic E-state index is 0.265. The molecule has 0 radical (unpaired) electrons. The maximum atomic E-state index is 11.9. The van der Waals surface area contributed by atoms with Crippen molar-refractivity contribution in [2.75, 3.05) is 20.3 Å². The second-order valence-electron chi connectivity index (χ2n) is 5.93. The van der Waals surface area contributed by atoms with Crippen molar-refractivity contribution in [3.8, 4) is 17.2 Å². The van der Waals surface area contributed by atoms with Gasteiger partial charge in [0.2, 0.25) is 0 Å². The summed E-state index contributed by atoms with van der Waals surface area (Å²) in [6.45, 7) is 4.01. The number of methoxy groups -OCH3 is 1. The fourth-order valence-electron chi connectivity index (χ4n) is 2.02. The zero-order chi connectivity index (χ0) is 18.9. The van der Waals surface area contributed by atoms with E-state index in [1.54, 1.807) is 36.4 Å². The SMILES string of the molecule is COc1ccccc1OCC(=O)Oc1ccc(C(=O)OCC(C)C)cc1. The van der Waals surface area contributed by atoms with Gasteiger partial charge >= 0.3 is 11.9 Å². The van der Waals surface area contributed by atoms with Crippen molar-refractivity contribution in [3.05, 3.63) is 54.1 Å². The van der Waals surface area contributed by atoms with E-state index in [9.17, 15) is 9.59 Å². The molecule has 2 aromatic carbocycles. The molecule has 138 valence electrons. The van der Waals surface area contributed by atoms with Crippen LogP contribution in [0.5, 0.6) is 17.2 Å². The van der Waals surface area contributed by atoms with Gasteiger partial charge in [0.25, 0.3) is 0 Å². The molecule has 0 saturated heterocycles. The van der Waals surface area contributed by atoms with Gasteiger partial charge in [0.15, 0.2) is 18.1 Å². The van der Waals surface area contributed by atoms with Gasteiger partial charge in [0.1, 0.15) is 5.75 Å². The first-order valence-electron chi connectivity index (χ1n) is 8.23. The number of hydrogen-bond acceptors (Lipinski definition) is 6. The highest BCUT2D eigenvalue weighted by Gasteiger charge is 2.11. The summed E-state index contributed by atoms with van der Waals surface area (Å²) in [5.41, 5.74) is 0.399. The summed E-state index contributed by atoms with van der Waals surface area (Å²) in [5.74, 6) is 0.600. The van der Waals surface area contributed by atoms with Crippen LogP contribution < -0.4 is 14.2 Å². The fourth-order valence-corrected chi connectivity index (χ4v) is 2.02. The fraction of sp³-hybridized carbons (Fsp3) is 0.300. The van der Waals surface area contributed by atoms with E-state index in [-0.39, 0.29) is 12.5 Å². The topological polar surface area (TPSA) is 71.1 Å². The summed E-state index contributed by atoms with van der Waals surface area (Å²) in [6.07, 6.45) is 0. The van der Waals surface area contributed by atoms with Gasteiger partial charge in [-0.1, -0.05) is 26.0 Å². The Morgan fingerprint density at radius 2 is 1.62 bits per heavy atom. The Morgan fingerprint density at radius 1 is 0.962 bits per heavy atom. The first kappa shape index (κ1) is 19.3. The molecular weight excluding hydrogens is 336 g/mol. The Labute approximate surface area is 152 Å². The molecule has 0 aliphatic rings. The molecule has 0 atom stereocenters. The standard InChI is InChI=1S/C20H22O6/c1-14(2)12-25-20(22)15-8-10-16(11-9-15)26-19(21)13-24-18-7-5-4-6-17(18)23-3/h4-11,14H,12-13H2,1-3H3. The third-order valence-corrected chi connectivity index (χ3v) is 3.28. The second-order valence-corrected chi connectivity index (χ2v) is 5.93. The number of benzene rings is 2. The van der Waals surface area contributed by atoms with Gasteiger partial charge in [-0.2, -0.15) is 0 Å². The molecule has 0 amide bonds. The smallest absolute Gasteiger partial charge is 0.349 e. The van der Waals surface area contributed by atoms with Crippen LogP contribution in [0.4, 0.5) is 0 Å². The zero-order valence-corrected chi connectivity index (χ0v) is 15.1. The van der Waals surface area contributed by atoms with Gasteiger partial charge in [-0.05, 0) is 42.3 Å². The molecule has 6 heteroatoms. The Bertz CT molecular complexity index is 736. The van der Waals surface area contributed by atoms with Crippen LogP contribution in [0.2, 0.25) is 0 Å². The number of carbonyl (C=O) groups is 2. The first-order valence-corrected chi connectivity index (χ1v) is 8.23. The van der Waals surface area contributed by atoms with E-state index in [4.69, 9.17) is 18.9 Å². The van der Waals surface area contributed by atoms with Crippen molar-refractivity contribution in [1.29, 1.82) is 0 Å². The summed E-state index contributed by atoms with van der Waals surface area (Å²) in [4.78, 5) is 23.7. The monoisotopic (exact) mass is 358 g/mol. The number of esters is 2. The highest BCUT2D eigenvalue weighted by atomic mass is 16.6. The molecule has 0 spiro atoms. The summed E-state index contributed by atoms with van der Waals surface area (Å²) < 4.78 is 20.9. The van der Waals surface area contributed by atoms with Crippen LogP contribution in [0.3, 0.4) is 0 Å². The van der Waals surface area contributed by atoms with E-state index in [2.05, 4.69) is 0 Å². The number of carbonyl (C=O) groups excluding carboxylic acids is 2. The Hall–Kier alpha value is -3.02. The van der Waals surface area contributed by atoms with Crippen molar-refractivity contribution in [2.45, 2.75) is 13.8 Å². The third-order valence-electron chi connectivity index (χ3n) is 3.28. The zero-order valence-electron chi connectivity index (χ0n) is 15.1. The van der Waals surface area contributed by atoms with Crippen molar-refractivity contribution in [1.82, 2.24) is 0 Å². The highest BCUT2D eigenvalue weighted by Crippen LogP contribution is 2.25. The van der Waals surface area contributed by atoms with Crippen LogP contribution in [0.25, 0.3) is 0 Å². The van der Waals surface area contributed by atoms with Gasteiger partial charge in [-0.15, -0.1) is 0 Å². The van der Waals surface area contributed by atoms with Gasteiger partial charge in [0.05, 0.1) is 19.3 Å². The van der Waals surface area contributed by atoms with Gasteiger partial charge in [0, 0.05) is 0 Å². The van der Waals surface area contributed by atoms with Gasteiger partial charge < -0.3 is 18.9 Å². The lowest BCUT2D eigenvalue weighted by Gasteiger charge is -2.10. The number of rotatable bonds is 8. The van der Waals surface area contributed by atoms with E-state index < -0.39 is 11.9 Å². The van der Waals surface area contributed by atoms with E-state index in [0.717, 1.165) is 0 Å². The number of para-hydroxylation sites is 2. The van der Waals surface area contributed by atoms with Crippen molar-refractivity contribution in [2.24, 2.45) is 5.92 Å². The van der Waals surface area contributed by atoms with Gasteiger partial charge in [-0.3, -0.25) is 0 Å². The Morgan fingerprint density at radius 3 is 2.23 bits per heavy atom. The average Bonchev–Trinajstić information content (AvgIpc) is 2.65. The van der Waals surface area contributed by atoms with Gasteiger partial charge in [-0.25, -0.2) is 9.59 Å². The number of hydrogen-bond donors (Lipinski definition) is 0. The van der Waals surface area contributed by atoms with E-state index in [1.165, 1.54) is 19.2 Å². The predicted molar refractivity (Wildman–Crippen MR) is 95.7 cm³/mol. The lowest BCUT2D eigenvalue weighted by atomic mass is 10.2.